The Bertz CT molecular complexity index is 637. The van der Waals surface area contributed by atoms with Crippen molar-refractivity contribution in [3.63, 3.8) is 0 Å². The summed E-state index contributed by atoms with van der Waals surface area (Å²) in [5.41, 5.74) is 1.88. The van der Waals surface area contributed by atoms with Crippen molar-refractivity contribution in [3.8, 4) is 0 Å². The number of aryl methyl sites for hydroxylation is 1. The third-order valence-electron chi connectivity index (χ3n) is 3.93. The van der Waals surface area contributed by atoms with E-state index in [9.17, 15) is 4.79 Å². The molecule has 20 heavy (non-hydrogen) atoms. The van der Waals surface area contributed by atoms with Crippen molar-refractivity contribution in [2.45, 2.75) is 31.7 Å². The fourth-order valence-electron chi connectivity index (χ4n) is 2.95. The van der Waals surface area contributed by atoms with Gasteiger partial charge in [-0.3, -0.25) is 4.79 Å². The maximum absolute atomic E-state index is 11.0. The number of hydrogen-bond acceptors (Lipinski definition) is 4. The highest BCUT2D eigenvalue weighted by molar-refractivity contribution is 5.86. The van der Waals surface area contributed by atoms with Crippen LogP contribution >= 0.6 is 0 Å². The van der Waals surface area contributed by atoms with Crippen LogP contribution in [0.2, 0.25) is 0 Å². The third-order valence-corrected chi connectivity index (χ3v) is 3.93. The molecule has 1 unspecified atom stereocenters. The van der Waals surface area contributed by atoms with Gasteiger partial charge in [0.15, 0.2) is 5.82 Å². The summed E-state index contributed by atoms with van der Waals surface area (Å²) in [5.74, 6) is 0.0594. The first kappa shape index (κ1) is 12.9. The van der Waals surface area contributed by atoms with Gasteiger partial charge >= 0.3 is 5.97 Å². The predicted octanol–water partition coefficient (Wildman–Crippen LogP) is 1.80. The summed E-state index contributed by atoms with van der Waals surface area (Å²) < 4.78 is 1.96. The van der Waals surface area contributed by atoms with E-state index >= 15 is 0 Å². The minimum Gasteiger partial charge on any atom is -0.481 e. The Morgan fingerprint density at radius 3 is 3.10 bits per heavy atom. The Morgan fingerprint density at radius 1 is 1.45 bits per heavy atom. The van der Waals surface area contributed by atoms with Crippen LogP contribution in [0.1, 0.15) is 25.7 Å². The molecule has 6 nitrogen and oxygen atoms in total. The summed E-state index contributed by atoms with van der Waals surface area (Å²) in [6.07, 6.45) is 6.74. The molecule has 1 N–H and O–H groups in total. The van der Waals surface area contributed by atoms with Crippen molar-refractivity contribution in [2.24, 2.45) is 7.05 Å². The zero-order valence-corrected chi connectivity index (χ0v) is 11.5. The van der Waals surface area contributed by atoms with Crippen LogP contribution in [0.25, 0.3) is 11.0 Å². The molecule has 1 aliphatic heterocycles. The Balaban J connectivity index is 2.01. The van der Waals surface area contributed by atoms with Crippen molar-refractivity contribution >= 4 is 22.8 Å². The fourth-order valence-corrected chi connectivity index (χ4v) is 2.95. The number of rotatable bonds is 3. The molecule has 0 amide bonds. The monoisotopic (exact) mass is 274 g/mol. The minimum atomic E-state index is -0.755. The molecule has 1 saturated heterocycles. The summed E-state index contributed by atoms with van der Waals surface area (Å²) in [7, 11) is 1.95. The van der Waals surface area contributed by atoms with Gasteiger partial charge in [0.2, 0.25) is 0 Å². The normalized spacial score (nSPS) is 19.4. The van der Waals surface area contributed by atoms with Gasteiger partial charge in [-0.25, -0.2) is 9.97 Å². The SMILES string of the molecule is Cn1cnc2c(N3CCCCC3CC(=O)O)nccc21. The zero-order chi connectivity index (χ0) is 14.1. The standard InChI is InChI=1S/C14H18N4O2/c1-17-9-16-13-11(17)5-6-15-14(13)18-7-3-2-4-10(18)8-12(19)20/h5-6,9-10H,2-4,7-8H2,1H3,(H,19,20). The van der Waals surface area contributed by atoms with Gasteiger partial charge in [-0.15, -0.1) is 0 Å². The zero-order valence-electron chi connectivity index (χ0n) is 11.5. The van der Waals surface area contributed by atoms with Gasteiger partial charge in [0.1, 0.15) is 5.52 Å². The first-order valence-electron chi connectivity index (χ1n) is 6.91. The summed E-state index contributed by atoms with van der Waals surface area (Å²) in [6.45, 7) is 0.848. The third kappa shape index (κ3) is 2.21. The largest absolute Gasteiger partial charge is 0.481 e. The number of aromatic nitrogens is 3. The molecule has 1 fully saturated rings. The number of carbonyl (C=O) groups is 1. The quantitative estimate of drug-likeness (QED) is 0.924. The molecule has 1 atom stereocenters. The predicted molar refractivity (Wildman–Crippen MR) is 75.7 cm³/mol. The lowest BCUT2D eigenvalue weighted by Crippen LogP contribution is -2.41. The van der Waals surface area contributed by atoms with Gasteiger partial charge in [-0.1, -0.05) is 0 Å². The molecule has 0 aromatic carbocycles. The average molecular weight is 274 g/mol. The molecule has 0 aliphatic carbocycles. The Hall–Kier alpha value is -2.11. The highest BCUT2D eigenvalue weighted by atomic mass is 16.4. The van der Waals surface area contributed by atoms with E-state index in [2.05, 4.69) is 14.9 Å². The van der Waals surface area contributed by atoms with Crippen molar-refractivity contribution in [2.75, 3.05) is 11.4 Å². The number of carboxylic acids is 1. The summed E-state index contributed by atoms with van der Waals surface area (Å²) in [4.78, 5) is 22.0. The van der Waals surface area contributed by atoms with Crippen LogP contribution in [0.3, 0.4) is 0 Å². The lowest BCUT2D eigenvalue weighted by atomic mass is 9.99. The molecule has 106 valence electrons. The Kier molecular flexibility index (Phi) is 3.30. The summed E-state index contributed by atoms with van der Waals surface area (Å²) in [6, 6.07) is 1.95. The van der Waals surface area contributed by atoms with Crippen LogP contribution in [0, 0.1) is 0 Å². The first-order chi connectivity index (χ1) is 9.66. The van der Waals surface area contributed by atoms with E-state index in [1.807, 2.05) is 17.7 Å². The molecular weight excluding hydrogens is 256 g/mol. The van der Waals surface area contributed by atoms with E-state index in [0.717, 1.165) is 42.7 Å². The number of pyridine rings is 1. The average Bonchev–Trinajstić information content (AvgIpc) is 2.81. The fraction of sp³-hybridized carbons (Fsp3) is 0.500. The van der Waals surface area contributed by atoms with E-state index in [-0.39, 0.29) is 12.5 Å². The van der Waals surface area contributed by atoms with Gasteiger partial charge in [0.25, 0.3) is 0 Å². The van der Waals surface area contributed by atoms with Crippen LogP contribution in [0.5, 0.6) is 0 Å². The van der Waals surface area contributed by atoms with Gasteiger partial charge in [0.05, 0.1) is 18.3 Å². The molecule has 1 aliphatic rings. The van der Waals surface area contributed by atoms with Crippen LogP contribution in [-0.4, -0.2) is 38.2 Å². The maximum Gasteiger partial charge on any atom is 0.305 e. The number of piperidine rings is 1. The molecule has 6 heteroatoms. The van der Waals surface area contributed by atoms with Crippen molar-refractivity contribution in [3.05, 3.63) is 18.6 Å². The minimum absolute atomic E-state index is 0.0151. The van der Waals surface area contributed by atoms with Crippen molar-refractivity contribution < 1.29 is 9.90 Å². The molecular formula is C14H18N4O2. The lowest BCUT2D eigenvalue weighted by molar-refractivity contribution is -0.137. The second-order valence-corrected chi connectivity index (χ2v) is 5.30. The molecule has 0 radical (unpaired) electrons. The molecule has 0 spiro atoms. The van der Waals surface area contributed by atoms with Crippen LogP contribution < -0.4 is 4.90 Å². The topological polar surface area (TPSA) is 71.2 Å². The second kappa shape index (κ2) is 5.11. The summed E-state index contributed by atoms with van der Waals surface area (Å²) >= 11 is 0. The van der Waals surface area contributed by atoms with Gasteiger partial charge in [0, 0.05) is 25.8 Å². The smallest absolute Gasteiger partial charge is 0.305 e. The van der Waals surface area contributed by atoms with Gasteiger partial charge < -0.3 is 14.6 Å². The highest BCUT2D eigenvalue weighted by Crippen LogP contribution is 2.29. The van der Waals surface area contributed by atoms with Gasteiger partial charge in [-0.2, -0.15) is 0 Å². The molecule has 3 heterocycles. The van der Waals surface area contributed by atoms with E-state index < -0.39 is 5.97 Å². The number of fused-ring (bicyclic) bond motifs is 1. The number of nitrogens with zero attached hydrogens (tertiary/aromatic N) is 4. The van der Waals surface area contributed by atoms with E-state index in [4.69, 9.17) is 5.11 Å². The van der Waals surface area contributed by atoms with Crippen LogP contribution in [-0.2, 0) is 11.8 Å². The molecule has 2 aromatic rings. The Morgan fingerprint density at radius 2 is 2.30 bits per heavy atom. The number of carboxylic acid groups (broad SMARTS) is 1. The molecule has 0 bridgehead atoms. The maximum atomic E-state index is 11.0. The number of imidazole rings is 1. The molecule has 2 aromatic heterocycles. The molecule has 0 saturated carbocycles. The number of anilines is 1. The van der Waals surface area contributed by atoms with Crippen LogP contribution in [0.15, 0.2) is 18.6 Å². The van der Waals surface area contributed by atoms with Crippen LogP contribution in [0.4, 0.5) is 5.82 Å². The van der Waals surface area contributed by atoms with E-state index in [0.29, 0.717) is 0 Å². The second-order valence-electron chi connectivity index (χ2n) is 5.30. The van der Waals surface area contributed by atoms with Crippen molar-refractivity contribution in [1.29, 1.82) is 0 Å². The highest BCUT2D eigenvalue weighted by Gasteiger charge is 2.27. The van der Waals surface area contributed by atoms with Crippen molar-refractivity contribution in [1.82, 2.24) is 14.5 Å². The van der Waals surface area contributed by atoms with E-state index in [1.54, 1.807) is 12.5 Å². The lowest BCUT2D eigenvalue weighted by Gasteiger charge is -2.35. The van der Waals surface area contributed by atoms with E-state index in [1.165, 1.54) is 0 Å². The van der Waals surface area contributed by atoms with Gasteiger partial charge in [-0.05, 0) is 25.3 Å². The summed E-state index contributed by atoms with van der Waals surface area (Å²) in [5, 5.41) is 9.08. The number of aliphatic carboxylic acids is 1. The first-order valence-corrected chi connectivity index (χ1v) is 6.91. The number of hydrogen-bond donors (Lipinski definition) is 1. The Labute approximate surface area is 117 Å². The molecule has 3 rings (SSSR count).